The molecular weight excluding hydrogens is 594 g/mol. The minimum Gasteiger partial charge on any atom is -0.358 e. The molecule has 0 radical (unpaired) electrons. The summed E-state index contributed by atoms with van der Waals surface area (Å²) in [6.45, 7) is 1.55. The Morgan fingerprint density at radius 3 is 2.05 bits per heavy atom. The molecule has 5 aromatic carbocycles. The van der Waals surface area contributed by atoms with E-state index in [1.807, 2.05) is 18.2 Å². The number of H-pyrrole nitrogens is 2. The Balaban J connectivity index is 1.54. The molecule has 0 aliphatic carbocycles. The van der Waals surface area contributed by atoms with Crippen molar-refractivity contribution in [2.45, 2.75) is 19.3 Å². The molecule has 0 saturated heterocycles. The number of hydrogen-bond acceptors (Lipinski definition) is 1. The summed E-state index contributed by atoms with van der Waals surface area (Å²) in [7, 11) is 0. The van der Waals surface area contributed by atoms with E-state index in [-0.39, 0.29) is 11.8 Å². The van der Waals surface area contributed by atoms with Gasteiger partial charge in [0.15, 0.2) is 0 Å². The predicted octanol–water partition coefficient (Wildman–Crippen LogP) is 9.81. The van der Waals surface area contributed by atoms with Gasteiger partial charge in [0.05, 0.1) is 5.52 Å². The molecule has 0 fully saturated rings. The number of carbonyl (C=O) groups is 1. The number of aromatic nitrogens is 2. The van der Waals surface area contributed by atoms with Crippen LogP contribution in [0.2, 0.25) is 0 Å². The van der Waals surface area contributed by atoms with Gasteiger partial charge in [0.25, 0.3) is 0 Å². The molecular formula is C38H30BrN3O. The van der Waals surface area contributed by atoms with Crippen LogP contribution in [-0.2, 0) is 11.2 Å². The van der Waals surface area contributed by atoms with E-state index < -0.39 is 0 Å². The number of carbonyl (C=O) groups excluding carboxylic acids is 1. The summed E-state index contributed by atoms with van der Waals surface area (Å²) in [6, 6.07) is 44.4. The van der Waals surface area contributed by atoms with E-state index in [4.69, 9.17) is 0 Å². The van der Waals surface area contributed by atoms with Crippen LogP contribution < -0.4 is 5.32 Å². The SMILES string of the molecule is CC(=O)Nc1ccccc1Cc1[nH]c2ccccc2c1-c1c(C(c2ccccc2)c2ccccc2)[nH]c2c(Br)cccc12. The van der Waals surface area contributed by atoms with E-state index in [1.165, 1.54) is 22.3 Å². The Hall–Kier alpha value is -4.87. The second-order valence-corrected chi connectivity index (χ2v) is 11.7. The fourth-order valence-electron chi connectivity index (χ4n) is 6.30. The summed E-state index contributed by atoms with van der Waals surface area (Å²) >= 11 is 3.84. The zero-order valence-corrected chi connectivity index (χ0v) is 25.3. The molecule has 7 aromatic rings. The van der Waals surface area contributed by atoms with Gasteiger partial charge in [-0.2, -0.15) is 0 Å². The fraction of sp³-hybridized carbons (Fsp3) is 0.0789. The number of aromatic amines is 2. The largest absolute Gasteiger partial charge is 0.358 e. The van der Waals surface area contributed by atoms with Crippen LogP contribution in [0.1, 0.15) is 40.9 Å². The summed E-state index contributed by atoms with van der Waals surface area (Å²) in [5.41, 5.74) is 11.0. The summed E-state index contributed by atoms with van der Waals surface area (Å²) in [5, 5.41) is 5.34. The minimum atomic E-state index is -0.0818. The molecule has 4 nitrogen and oxygen atoms in total. The van der Waals surface area contributed by atoms with E-state index in [1.54, 1.807) is 6.92 Å². The topological polar surface area (TPSA) is 60.7 Å². The summed E-state index contributed by atoms with van der Waals surface area (Å²) in [5.74, 6) is -0.105. The lowest BCUT2D eigenvalue weighted by molar-refractivity contribution is -0.114. The summed E-state index contributed by atoms with van der Waals surface area (Å²) < 4.78 is 1.02. The van der Waals surface area contributed by atoms with Gasteiger partial charge in [-0.05, 0) is 50.8 Å². The molecule has 210 valence electrons. The first-order valence-corrected chi connectivity index (χ1v) is 15.2. The third-order valence-electron chi connectivity index (χ3n) is 8.10. The average molecular weight is 625 g/mol. The second-order valence-electron chi connectivity index (χ2n) is 10.9. The monoisotopic (exact) mass is 623 g/mol. The lowest BCUT2D eigenvalue weighted by atomic mass is 9.84. The molecule has 0 aliphatic rings. The highest BCUT2D eigenvalue weighted by Gasteiger charge is 2.28. The summed E-state index contributed by atoms with van der Waals surface area (Å²) in [6.07, 6.45) is 0.627. The second kappa shape index (κ2) is 11.4. The van der Waals surface area contributed by atoms with Crippen LogP contribution in [0.5, 0.6) is 0 Å². The van der Waals surface area contributed by atoms with Crippen LogP contribution in [-0.4, -0.2) is 15.9 Å². The molecule has 0 unspecified atom stereocenters. The number of amides is 1. The number of para-hydroxylation sites is 3. The summed E-state index contributed by atoms with van der Waals surface area (Å²) in [4.78, 5) is 19.7. The van der Waals surface area contributed by atoms with Crippen molar-refractivity contribution in [3.05, 3.63) is 160 Å². The molecule has 1 amide bonds. The molecule has 7 rings (SSSR count). The van der Waals surface area contributed by atoms with Gasteiger partial charge in [0.2, 0.25) is 5.91 Å². The molecule has 0 aliphatic heterocycles. The predicted molar refractivity (Wildman–Crippen MR) is 181 cm³/mol. The number of fused-ring (bicyclic) bond motifs is 2. The molecule has 0 saturated carbocycles. The van der Waals surface area contributed by atoms with Gasteiger partial charge in [-0.1, -0.05) is 109 Å². The van der Waals surface area contributed by atoms with Gasteiger partial charge < -0.3 is 15.3 Å². The molecule has 2 heterocycles. The zero-order valence-electron chi connectivity index (χ0n) is 23.7. The first-order chi connectivity index (χ1) is 21.1. The minimum absolute atomic E-state index is 0.0233. The third-order valence-corrected chi connectivity index (χ3v) is 8.76. The van der Waals surface area contributed by atoms with Gasteiger partial charge in [-0.15, -0.1) is 0 Å². The van der Waals surface area contributed by atoms with Crippen molar-refractivity contribution in [3.8, 4) is 11.1 Å². The van der Waals surface area contributed by atoms with Crippen LogP contribution in [0, 0.1) is 0 Å². The van der Waals surface area contributed by atoms with Crippen molar-refractivity contribution >= 4 is 49.3 Å². The fourth-order valence-corrected chi connectivity index (χ4v) is 6.76. The number of hydrogen-bond donors (Lipinski definition) is 3. The quantitative estimate of drug-likeness (QED) is 0.162. The lowest BCUT2D eigenvalue weighted by Gasteiger charge is -2.20. The van der Waals surface area contributed by atoms with Crippen molar-refractivity contribution in [1.82, 2.24) is 9.97 Å². The highest BCUT2D eigenvalue weighted by molar-refractivity contribution is 9.10. The number of benzene rings is 5. The van der Waals surface area contributed by atoms with Crippen LogP contribution in [0.15, 0.2) is 132 Å². The normalized spacial score (nSPS) is 11.4. The number of anilines is 1. The first kappa shape index (κ1) is 27.0. The highest BCUT2D eigenvalue weighted by Crippen LogP contribution is 2.46. The van der Waals surface area contributed by atoms with Crippen LogP contribution >= 0.6 is 15.9 Å². The van der Waals surface area contributed by atoms with E-state index >= 15 is 0 Å². The van der Waals surface area contributed by atoms with Gasteiger partial charge in [-0.25, -0.2) is 0 Å². The molecule has 5 heteroatoms. The Morgan fingerprint density at radius 2 is 1.33 bits per heavy atom. The van der Waals surface area contributed by atoms with Crippen LogP contribution in [0.3, 0.4) is 0 Å². The third kappa shape index (κ3) is 5.06. The molecule has 0 bridgehead atoms. The van der Waals surface area contributed by atoms with Crippen molar-refractivity contribution in [1.29, 1.82) is 0 Å². The Bertz CT molecular complexity index is 2040. The van der Waals surface area contributed by atoms with E-state index in [0.29, 0.717) is 6.42 Å². The Morgan fingerprint density at radius 1 is 0.698 bits per heavy atom. The highest BCUT2D eigenvalue weighted by atomic mass is 79.9. The van der Waals surface area contributed by atoms with Crippen LogP contribution in [0.25, 0.3) is 32.9 Å². The molecule has 2 aromatic heterocycles. The number of halogens is 1. The smallest absolute Gasteiger partial charge is 0.221 e. The van der Waals surface area contributed by atoms with Gasteiger partial charge in [0, 0.05) is 68.2 Å². The van der Waals surface area contributed by atoms with Crippen LogP contribution in [0.4, 0.5) is 5.69 Å². The van der Waals surface area contributed by atoms with E-state index in [9.17, 15) is 4.79 Å². The standard InChI is InChI=1S/C38H30BrN3O/c1-24(43)40-31-21-10-8-17-27(31)23-33-35(28-18-9-11-22-32(28)41-33)36-29-19-12-20-30(39)37(29)42-38(36)34(25-13-4-2-5-14-25)26-15-6-3-7-16-26/h2-22,34,41-42H,23H2,1H3,(H,40,43). The maximum absolute atomic E-state index is 12.1. The number of nitrogens with one attached hydrogen (secondary N) is 3. The van der Waals surface area contributed by atoms with Gasteiger partial charge in [0.1, 0.15) is 0 Å². The van der Waals surface area contributed by atoms with Gasteiger partial charge in [-0.3, -0.25) is 4.79 Å². The number of rotatable bonds is 7. The molecule has 43 heavy (non-hydrogen) atoms. The Labute approximate surface area is 258 Å². The Kier molecular flexibility index (Phi) is 7.17. The lowest BCUT2D eigenvalue weighted by Crippen LogP contribution is -2.08. The maximum atomic E-state index is 12.1. The zero-order chi connectivity index (χ0) is 29.3. The van der Waals surface area contributed by atoms with E-state index in [2.05, 4.69) is 140 Å². The van der Waals surface area contributed by atoms with Crippen molar-refractivity contribution in [2.24, 2.45) is 0 Å². The van der Waals surface area contributed by atoms with Crippen molar-refractivity contribution in [2.75, 3.05) is 5.32 Å². The average Bonchev–Trinajstić information content (AvgIpc) is 3.57. The van der Waals surface area contributed by atoms with Gasteiger partial charge >= 0.3 is 0 Å². The van der Waals surface area contributed by atoms with E-state index in [0.717, 1.165) is 48.9 Å². The first-order valence-electron chi connectivity index (χ1n) is 14.4. The van der Waals surface area contributed by atoms with Crippen molar-refractivity contribution in [3.63, 3.8) is 0 Å². The molecule has 3 N–H and O–H groups in total. The van der Waals surface area contributed by atoms with Crippen molar-refractivity contribution < 1.29 is 4.79 Å². The maximum Gasteiger partial charge on any atom is 0.221 e. The molecule has 0 atom stereocenters. The molecule has 0 spiro atoms.